The summed E-state index contributed by atoms with van der Waals surface area (Å²) in [5.41, 5.74) is 3.68. The van der Waals surface area contributed by atoms with E-state index >= 15 is 0 Å². The van der Waals surface area contributed by atoms with Gasteiger partial charge in [0.1, 0.15) is 5.75 Å². The van der Waals surface area contributed by atoms with Crippen LogP contribution in [0.5, 0.6) is 5.75 Å². The van der Waals surface area contributed by atoms with E-state index in [1.807, 2.05) is 19.1 Å². The van der Waals surface area contributed by atoms with Crippen molar-refractivity contribution in [2.45, 2.75) is 52.2 Å². The van der Waals surface area contributed by atoms with Gasteiger partial charge in [0.05, 0.1) is 0 Å². The molecule has 0 spiro atoms. The number of hydrogen-bond acceptors (Lipinski definition) is 4. The summed E-state index contributed by atoms with van der Waals surface area (Å²) in [5.74, 6) is 0.650. The van der Waals surface area contributed by atoms with Crippen molar-refractivity contribution in [1.29, 1.82) is 0 Å². The van der Waals surface area contributed by atoms with Crippen LogP contribution in [0, 0.1) is 0 Å². The number of benzene rings is 2. The first-order valence-corrected chi connectivity index (χ1v) is 11.3. The number of rotatable bonds is 7. The second kappa shape index (κ2) is 10.2. The van der Waals surface area contributed by atoms with Gasteiger partial charge < -0.3 is 19.9 Å². The highest BCUT2D eigenvalue weighted by atomic mass is 16.5. The zero-order chi connectivity index (χ0) is 22.4. The van der Waals surface area contributed by atoms with Gasteiger partial charge in [0.15, 0.2) is 6.10 Å². The summed E-state index contributed by atoms with van der Waals surface area (Å²) in [6.45, 7) is 13.3. The Balaban J connectivity index is 1.51. The van der Waals surface area contributed by atoms with Crippen LogP contribution in [-0.4, -0.2) is 50.1 Å². The van der Waals surface area contributed by atoms with E-state index in [4.69, 9.17) is 4.74 Å². The van der Waals surface area contributed by atoms with Crippen LogP contribution >= 0.6 is 0 Å². The monoisotopic (exact) mass is 423 g/mol. The second-order valence-electron chi connectivity index (χ2n) is 9.46. The summed E-state index contributed by atoms with van der Waals surface area (Å²) in [5, 5.41) is 3.03. The topological polar surface area (TPSA) is 44.8 Å². The first kappa shape index (κ1) is 23.1. The van der Waals surface area contributed by atoms with E-state index in [2.05, 4.69) is 79.3 Å². The van der Waals surface area contributed by atoms with Crippen molar-refractivity contribution < 1.29 is 9.53 Å². The summed E-state index contributed by atoms with van der Waals surface area (Å²) in [7, 11) is 2.16. The van der Waals surface area contributed by atoms with Crippen LogP contribution in [0.3, 0.4) is 0 Å². The quantitative estimate of drug-likeness (QED) is 0.725. The summed E-state index contributed by atoms with van der Waals surface area (Å²) >= 11 is 0. The zero-order valence-electron chi connectivity index (χ0n) is 19.6. The van der Waals surface area contributed by atoms with E-state index in [-0.39, 0.29) is 11.3 Å². The molecule has 2 aromatic carbocycles. The molecule has 0 aliphatic carbocycles. The molecule has 1 N–H and O–H groups in total. The molecule has 1 saturated heterocycles. The van der Waals surface area contributed by atoms with Gasteiger partial charge in [-0.05, 0) is 54.3 Å². The van der Waals surface area contributed by atoms with E-state index in [1.165, 1.54) is 11.3 Å². The minimum absolute atomic E-state index is 0.0782. The fourth-order valence-corrected chi connectivity index (χ4v) is 3.71. The maximum atomic E-state index is 12.7. The molecule has 1 aliphatic rings. The van der Waals surface area contributed by atoms with Crippen LogP contribution in [0.4, 0.5) is 5.69 Å². The Morgan fingerprint density at radius 2 is 1.61 bits per heavy atom. The molecule has 168 valence electrons. The standard InChI is InChI=1S/C26H37N3O2/c1-6-24(31-23-13-9-21(10-14-23)26(2,3)4)25(30)27-19-20-7-11-22(12-8-20)29-17-15-28(5)16-18-29/h7-14,24H,6,15-19H2,1-5H3,(H,27,30)/t24-/m1/s1. The Morgan fingerprint density at radius 1 is 1.00 bits per heavy atom. The highest BCUT2D eigenvalue weighted by molar-refractivity contribution is 5.81. The molecule has 1 amide bonds. The number of amides is 1. The first-order chi connectivity index (χ1) is 14.8. The van der Waals surface area contributed by atoms with E-state index in [1.54, 1.807) is 0 Å². The van der Waals surface area contributed by atoms with E-state index in [0.717, 1.165) is 37.5 Å². The minimum Gasteiger partial charge on any atom is -0.481 e. The lowest BCUT2D eigenvalue weighted by atomic mass is 9.87. The van der Waals surface area contributed by atoms with Crippen LogP contribution in [0.1, 0.15) is 45.2 Å². The molecule has 5 nitrogen and oxygen atoms in total. The lowest BCUT2D eigenvalue weighted by Crippen LogP contribution is -2.44. The molecule has 1 fully saturated rings. The molecule has 0 radical (unpaired) electrons. The fourth-order valence-electron chi connectivity index (χ4n) is 3.71. The predicted octanol–water partition coefficient (Wildman–Crippen LogP) is 4.21. The van der Waals surface area contributed by atoms with Crippen LogP contribution in [0.15, 0.2) is 48.5 Å². The van der Waals surface area contributed by atoms with Crippen molar-refractivity contribution >= 4 is 11.6 Å². The number of carbonyl (C=O) groups is 1. The van der Waals surface area contributed by atoms with Gasteiger partial charge in [-0.25, -0.2) is 0 Å². The summed E-state index contributed by atoms with van der Waals surface area (Å²) in [6, 6.07) is 16.5. The summed E-state index contributed by atoms with van der Waals surface area (Å²) < 4.78 is 5.97. The normalized spacial score (nSPS) is 16.1. The van der Waals surface area contributed by atoms with Gasteiger partial charge in [0.2, 0.25) is 0 Å². The van der Waals surface area contributed by atoms with Crippen molar-refractivity contribution in [2.75, 3.05) is 38.1 Å². The van der Waals surface area contributed by atoms with Crippen molar-refractivity contribution in [2.24, 2.45) is 0 Å². The van der Waals surface area contributed by atoms with E-state index in [9.17, 15) is 4.79 Å². The van der Waals surface area contributed by atoms with E-state index in [0.29, 0.717) is 13.0 Å². The van der Waals surface area contributed by atoms with Crippen molar-refractivity contribution in [3.8, 4) is 5.75 Å². The average molecular weight is 424 g/mol. The molecule has 0 bridgehead atoms. The zero-order valence-corrected chi connectivity index (χ0v) is 19.6. The number of anilines is 1. The minimum atomic E-state index is -0.495. The summed E-state index contributed by atoms with van der Waals surface area (Å²) in [6.07, 6.45) is 0.125. The molecule has 0 aromatic heterocycles. The highest BCUT2D eigenvalue weighted by Gasteiger charge is 2.19. The maximum absolute atomic E-state index is 12.7. The number of piperazine rings is 1. The lowest BCUT2D eigenvalue weighted by molar-refractivity contribution is -0.128. The first-order valence-electron chi connectivity index (χ1n) is 11.3. The Kier molecular flexibility index (Phi) is 7.60. The van der Waals surface area contributed by atoms with Crippen molar-refractivity contribution in [1.82, 2.24) is 10.2 Å². The number of likely N-dealkylation sites (N-methyl/N-ethyl adjacent to an activating group) is 1. The molecule has 2 aromatic rings. The van der Waals surface area contributed by atoms with Gasteiger partial charge in [0.25, 0.3) is 5.91 Å². The average Bonchev–Trinajstić information content (AvgIpc) is 2.76. The number of carbonyl (C=O) groups excluding carboxylic acids is 1. The third-order valence-electron chi connectivity index (χ3n) is 5.93. The molecule has 1 atom stereocenters. The SMILES string of the molecule is CC[C@@H](Oc1ccc(C(C)(C)C)cc1)C(=O)NCc1ccc(N2CCN(C)CC2)cc1. The van der Waals surface area contributed by atoms with Gasteiger partial charge in [0, 0.05) is 38.4 Å². The Hall–Kier alpha value is -2.53. The Morgan fingerprint density at radius 3 is 2.16 bits per heavy atom. The predicted molar refractivity (Wildman–Crippen MR) is 128 cm³/mol. The van der Waals surface area contributed by atoms with E-state index < -0.39 is 6.10 Å². The summed E-state index contributed by atoms with van der Waals surface area (Å²) in [4.78, 5) is 17.4. The smallest absolute Gasteiger partial charge is 0.261 e. The molecule has 0 unspecified atom stereocenters. The van der Waals surface area contributed by atoms with Crippen LogP contribution in [0.2, 0.25) is 0 Å². The van der Waals surface area contributed by atoms with Crippen LogP contribution < -0.4 is 15.0 Å². The molecule has 3 rings (SSSR count). The van der Waals surface area contributed by atoms with Crippen molar-refractivity contribution in [3.63, 3.8) is 0 Å². The number of nitrogens with one attached hydrogen (secondary N) is 1. The third kappa shape index (κ3) is 6.47. The third-order valence-corrected chi connectivity index (χ3v) is 5.93. The molecule has 5 heteroatoms. The van der Waals surface area contributed by atoms with Gasteiger partial charge in [-0.15, -0.1) is 0 Å². The number of ether oxygens (including phenoxy) is 1. The molecule has 0 saturated carbocycles. The highest BCUT2D eigenvalue weighted by Crippen LogP contribution is 2.25. The van der Waals surface area contributed by atoms with Crippen molar-refractivity contribution in [3.05, 3.63) is 59.7 Å². The largest absolute Gasteiger partial charge is 0.481 e. The number of nitrogens with zero attached hydrogens (tertiary/aromatic N) is 2. The molecular formula is C26H37N3O2. The van der Waals surface area contributed by atoms with Gasteiger partial charge in [-0.3, -0.25) is 4.79 Å². The Labute approximate surface area is 187 Å². The molecule has 31 heavy (non-hydrogen) atoms. The lowest BCUT2D eigenvalue weighted by Gasteiger charge is -2.34. The second-order valence-corrected chi connectivity index (χ2v) is 9.46. The molecule has 1 heterocycles. The van der Waals surface area contributed by atoms with Crippen LogP contribution in [0.25, 0.3) is 0 Å². The van der Waals surface area contributed by atoms with Gasteiger partial charge in [-0.1, -0.05) is 52.0 Å². The molecular weight excluding hydrogens is 386 g/mol. The van der Waals surface area contributed by atoms with Gasteiger partial charge in [-0.2, -0.15) is 0 Å². The van der Waals surface area contributed by atoms with Crippen LogP contribution in [-0.2, 0) is 16.8 Å². The number of hydrogen-bond donors (Lipinski definition) is 1. The molecule has 1 aliphatic heterocycles. The Bertz CT molecular complexity index is 832. The maximum Gasteiger partial charge on any atom is 0.261 e. The fraction of sp³-hybridized carbons (Fsp3) is 0.500. The van der Waals surface area contributed by atoms with Gasteiger partial charge >= 0.3 is 0 Å².